The van der Waals surface area contributed by atoms with Gasteiger partial charge in [-0.2, -0.15) is 0 Å². The Hall–Kier alpha value is -4.01. The maximum Gasteiger partial charge on any atom is 0.248 e. The van der Waals surface area contributed by atoms with Crippen LogP contribution in [0.15, 0.2) is 65.2 Å². The smallest absolute Gasteiger partial charge is 0.248 e. The molecule has 0 spiro atoms. The second-order valence-electron chi connectivity index (χ2n) is 8.91. The van der Waals surface area contributed by atoms with Gasteiger partial charge in [0.15, 0.2) is 5.82 Å². The first kappa shape index (κ1) is 25.1. The molecular formula is C27H29FN4O4. The number of aryl methyl sites for hydroxylation is 1. The molecule has 3 aromatic rings. The number of nitrogens with zero attached hydrogens (tertiary/aromatic N) is 2. The predicted octanol–water partition coefficient (Wildman–Crippen LogP) is 4.67. The highest BCUT2D eigenvalue weighted by atomic mass is 19.1. The lowest BCUT2D eigenvalue weighted by Crippen LogP contribution is -2.46. The average Bonchev–Trinajstić information content (AvgIpc) is 3.53. The van der Waals surface area contributed by atoms with Crippen LogP contribution < -0.4 is 15.5 Å². The number of rotatable bonds is 9. The van der Waals surface area contributed by atoms with E-state index in [1.54, 1.807) is 37.3 Å². The van der Waals surface area contributed by atoms with Gasteiger partial charge in [0, 0.05) is 30.6 Å². The summed E-state index contributed by atoms with van der Waals surface area (Å²) in [6.45, 7) is 1.70. The van der Waals surface area contributed by atoms with Gasteiger partial charge in [0.2, 0.25) is 17.7 Å². The summed E-state index contributed by atoms with van der Waals surface area (Å²) >= 11 is 0. The summed E-state index contributed by atoms with van der Waals surface area (Å²) in [5.41, 5.74) is 0.984. The van der Waals surface area contributed by atoms with Crippen molar-refractivity contribution in [3.05, 3.63) is 77.8 Å². The second-order valence-corrected chi connectivity index (χ2v) is 8.91. The van der Waals surface area contributed by atoms with E-state index in [0.29, 0.717) is 17.0 Å². The van der Waals surface area contributed by atoms with E-state index in [0.717, 1.165) is 25.7 Å². The van der Waals surface area contributed by atoms with Crippen LogP contribution in [0.4, 0.5) is 15.9 Å². The largest absolute Gasteiger partial charge is 0.360 e. The number of halogens is 1. The van der Waals surface area contributed by atoms with Crippen LogP contribution in [0.25, 0.3) is 0 Å². The predicted molar refractivity (Wildman–Crippen MR) is 133 cm³/mol. The van der Waals surface area contributed by atoms with Crippen LogP contribution in [-0.2, 0) is 14.4 Å². The third-order valence-electron chi connectivity index (χ3n) is 6.16. The lowest BCUT2D eigenvalue weighted by atomic mass is 10.0. The summed E-state index contributed by atoms with van der Waals surface area (Å²) in [6.07, 6.45) is 3.57. The number of aromatic nitrogens is 1. The second kappa shape index (κ2) is 11.6. The molecule has 2 aromatic carbocycles. The molecule has 0 radical (unpaired) electrons. The van der Waals surface area contributed by atoms with Gasteiger partial charge in [0.1, 0.15) is 17.6 Å². The molecular weight excluding hydrogens is 463 g/mol. The minimum Gasteiger partial charge on any atom is -0.360 e. The number of carbonyl (C=O) groups excluding carboxylic acids is 3. The monoisotopic (exact) mass is 492 g/mol. The van der Waals surface area contributed by atoms with E-state index in [9.17, 15) is 18.8 Å². The molecule has 1 fully saturated rings. The van der Waals surface area contributed by atoms with Crippen molar-refractivity contribution in [1.82, 2.24) is 10.5 Å². The molecule has 36 heavy (non-hydrogen) atoms. The topological polar surface area (TPSA) is 105 Å². The fourth-order valence-corrected chi connectivity index (χ4v) is 4.41. The highest BCUT2D eigenvalue weighted by Crippen LogP contribution is 2.30. The number of amides is 3. The van der Waals surface area contributed by atoms with Crippen molar-refractivity contribution in [1.29, 1.82) is 0 Å². The van der Waals surface area contributed by atoms with Crippen LogP contribution in [0.5, 0.6) is 0 Å². The van der Waals surface area contributed by atoms with Crippen molar-refractivity contribution in [2.45, 2.75) is 57.5 Å². The van der Waals surface area contributed by atoms with E-state index in [-0.39, 0.29) is 30.6 Å². The number of anilines is 2. The lowest BCUT2D eigenvalue weighted by Gasteiger charge is -2.32. The summed E-state index contributed by atoms with van der Waals surface area (Å²) in [6, 6.07) is 15.0. The highest BCUT2D eigenvalue weighted by molar-refractivity contribution is 6.03. The molecule has 4 rings (SSSR count). The van der Waals surface area contributed by atoms with Crippen molar-refractivity contribution in [2.24, 2.45) is 0 Å². The Morgan fingerprint density at radius 3 is 2.39 bits per heavy atom. The zero-order chi connectivity index (χ0) is 25.5. The Labute approximate surface area is 208 Å². The standard InChI is InChI=1S/C27H29FN4O4/c1-18-17-23(31-36-18)30-24(33)15-16-25(34)32(22-13-11-20(28)12-14-22)26(19-7-3-2-4-8-19)27(35)29-21-9-5-6-10-21/h2-4,7-8,11-14,17,21,26H,5-6,9-10,15-16H2,1H3,(H,29,35)(H,30,31,33)/t26-/m0/s1. The summed E-state index contributed by atoms with van der Waals surface area (Å²) < 4.78 is 18.7. The Morgan fingerprint density at radius 1 is 1.06 bits per heavy atom. The van der Waals surface area contributed by atoms with E-state index in [1.165, 1.54) is 29.2 Å². The van der Waals surface area contributed by atoms with Gasteiger partial charge in [-0.15, -0.1) is 0 Å². The molecule has 3 amide bonds. The average molecular weight is 493 g/mol. The fraction of sp³-hybridized carbons (Fsp3) is 0.333. The molecule has 0 unspecified atom stereocenters. The molecule has 2 N–H and O–H groups in total. The molecule has 188 valence electrons. The molecule has 9 heteroatoms. The first-order chi connectivity index (χ1) is 17.4. The molecule has 1 saturated carbocycles. The van der Waals surface area contributed by atoms with Crippen LogP contribution >= 0.6 is 0 Å². The zero-order valence-corrected chi connectivity index (χ0v) is 20.1. The van der Waals surface area contributed by atoms with Gasteiger partial charge in [0.05, 0.1) is 0 Å². The minimum atomic E-state index is -0.981. The molecule has 0 saturated heterocycles. The Morgan fingerprint density at radius 2 is 1.75 bits per heavy atom. The highest BCUT2D eigenvalue weighted by Gasteiger charge is 2.34. The fourth-order valence-electron chi connectivity index (χ4n) is 4.41. The molecule has 1 aromatic heterocycles. The van der Waals surface area contributed by atoms with Gasteiger partial charge >= 0.3 is 0 Å². The van der Waals surface area contributed by atoms with Crippen molar-refractivity contribution >= 4 is 29.2 Å². The van der Waals surface area contributed by atoms with Crippen LogP contribution in [0, 0.1) is 12.7 Å². The van der Waals surface area contributed by atoms with Crippen molar-refractivity contribution in [2.75, 3.05) is 10.2 Å². The Bertz CT molecular complexity index is 1190. The SMILES string of the molecule is Cc1cc(NC(=O)CCC(=O)N(c2ccc(F)cc2)[C@H](C(=O)NC2CCCC2)c2ccccc2)no1. The van der Waals surface area contributed by atoms with Gasteiger partial charge in [-0.25, -0.2) is 4.39 Å². The summed E-state index contributed by atoms with van der Waals surface area (Å²) in [7, 11) is 0. The Kier molecular flexibility index (Phi) is 8.10. The van der Waals surface area contributed by atoms with E-state index >= 15 is 0 Å². The van der Waals surface area contributed by atoms with Gasteiger partial charge < -0.3 is 15.2 Å². The maximum absolute atomic E-state index is 13.7. The molecule has 8 nitrogen and oxygen atoms in total. The van der Waals surface area contributed by atoms with Gasteiger partial charge in [-0.05, 0) is 49.6 Å². The molecule has 0 bridgehead atoms. The summed E-state index contributed by atoms with van der Waals surface area (Å²) in [4.78, 5) is 41.0. The number of benzene rings is 2. The van der Waals surface area contributed by atoms with Gasteiger partial charge in [0.25, 0.3) is 0 Å². The van der Waals surface area contributed by atoms with Crippen molar-refractivity contribution in [3.8, 4) is 0 Å². The maximum atomic E-state index is 13.7. The number of hydrogen-bond acceptors (Lipinski definition) is 5. The van der Waals surface area contributed by atoms with Crippen LogP contribution in [0.1, 0.15) is 55.9 Å². The summed E-state index contributed by atoms with van der Waals surface area (Å²) in [5.74, 6) is -0.819. The van der Waals surface area contributed by atoms with Crippen molar-refractivity contribution in [3.63, 3.8) is 0 Å². The first-order valence-electron chi connectivity index (χ1n) is 12.1. The molecule has 0 aliphatic heterocycles. The van der Waals surface area contributed by atoms with E-state index in [2.05, 4.69) is 15.8 Å². The molecule has 1 atom stereocenters. The molecule has 1 aliphatic rings. The normalized spacial score (nSPS) is 14.3. The van der Waals surface area contributed by atoms with Gasteiger partial charge in [-0.1, -0.05) is 48.3 Å². The minimum absolute atomic E-state index is 0.0468. The number of nitrogens with one attached hydrogen (secondary N) is 2. The van der Waals surface area contributed by atoms with E-state index in [4.69, 9.17) is 4.52 Å². The van der Waals surface area contributed by atoms with Crippen LogP contribution in [0.2, 0.25) is 0 Å². The molecule has 1 aliphatic carbocycles. The summed E-state index contributed by atoms with van der Waals surface area (Å²) in [5, 5.41) is 9.40. The first-order valence-corrected chi connectivity index (χ1v) is 12.1. The number of carbonyl (C=O) groups is 3. The van der Waals surface area contributed by atoms with Crippen LogP contribution in [-0.4, -0.2) is 28.9 Å². The van der Waals surface area contributed by atoms with E-state index < -0.39 is 23.7 Å². The Balaban J connectivity index is 1.59. The van der Waals surface area contributed by atoms with Gasteiger partial charge in [-0.3, -0.25) is 19.3 Å². The third-order valence-corrected chi connectivity index (χ3v) is 6.16. The molecule has 1 heterocycles. The quantitative estimate of drug-likeness (QED) is 0.452. The van der Waals surface area contributed by atoms with Crippen LogP contribution in [0.3, 0.4) is 0 Å². The third kappa shape index (κ3) is 6.35. The lowest BCUT2D eigenvalue weighted by molar-refractivity contribution is -0.127. The number of hydrogen-bond donors (Lipinski definition) is 2. The van der Waals surface area contributed by atoms with E-state index in [1.807, 2.05) is 6.07 Å². The zero-order valence-electron chi connectivity index (χ0n) is 20.1. The van der Waals surface area contributed by atoms with Crippen molar-refractivity contribution < 1.29 is 23.3 Å².